The van der Waals surface area contributed by atoms with Crippen molar-refractivity contribution in [3.05, 3.63) is 6.33 Å². The zero-order valence-electron chi connectivity index (χ0n) is 13.9. The molecule has 0 amide bonds. The third-order valence-corrected chi connectivity index (χ3v) is 3.36. The highest BCUT2D eigenvalue weighted by Crippen LogP contribution is 2.29. The molecule has 0 aromatic carbocycles. The molecule has 1 unspecified atom stereocenters. The van der Waals surface area contributed by atoms with Gasteiger partial charge < -0.3 is 20.3 Å². The smallest absolute Gasteiger partial charge is 0.204 e. The van der Waals surface area contributed by atoms with Gasteiger partial charge in [0.2, 0.25) is 5.75 Å². The fraction of sp³-hybridized carbons (Fsp3) is 0.733. The van der Waals surface area contributed by atoms with Crippen LogP contribution in [-0.2, 0) is 0 Å². The maximum atomic E-state index is 5.47. The van der Waals surface area contributed by atoms with Gasteiger partial charge in [0.15, 0.2) is 11.6 Å². The van der Waals surface area contributed by atoms with Gasteiger partial charge in [-0.3, -0.25) is 0 Å². The molecule has 0 bridgehead atoms. The maximum absolute atomic E-state index is 5.47. The summed E-state index contributed by atoms with van der Waals surface area (Å²) in [4.78, 5) is 10.9. The number of aromatic nitrogens is 2. The largest absolute Gasteiger partial charge is 0.490 e. The van der Waals surface area contributed by atoms with Crippen molar-refractivity contribution in [2.24, 2.45) is 0 Å². The zero-order valence-corrected chi connectivity index (χ0v) is 13.9. The first-order valence-corrected chi connectivity index (χ1v) is 7.77. The summed E-state index contributed by atoms with van der Waals surface area (Å²) in [6, 6.07) is 0.285. The predicted octanol–water partition coefficient (Wildman–Crippen LogP) is 2.45. The summed E-state index contributed by atoms with van der Waals surface area (Å²) in [5.41, 5.74) is 0. The lowest BCUT2D eigenvalue weighted by molar-refractivity contribution is 0.294. The Balaban J connectivity index is 2.77. The van der Waals surface area contributed by atoms with Crippen LogP contribution in [-0.4, -0.2) is 54.2 Å². The minimum atomic E-state index is 0.285. The minimum absolute atomic E-state index is 0.285. The standard InChI is InChI=1S/C15H29N5O/c1-6-9-16-14-13(21-5)15(18-11-17-14)19-12(4)10-20(7-2)8-3/h11-12H,6-10H2,1-5H3,(H2,16,17,18,19). The van der Waals surface area contributed by atoms with Crippen LogP contribution in [0.2, 0.25) is 0 Å². The van der Waals surface area contributed by atoms with Gasteiger partial charge >= 0.3 is 0 Å². The van der Waals surface area contributed by atoms with Crippen molar-refractivity contribution in [3.8, 4) is 5.75 Å². The number of rotatable bonds is 10. The van der Waals surface area contributed by atoms with E-state index in [0.29, 0.717) is 5.75 Å². The first-order chi connectivity index (χ1) is 10.2. The molecule has 1 aromatic heterocycles. The van der Waals surface area contributed by atoms with Crippen molar-refractivity contribution in [1.29, 1.82) is 0 Å². The topological polar surface area (TPSA) is 62.3 Å². The van der Waals surface area contributed by atoms with E-state index in [4.69, 9.17) is 4.74 Å². The van der Waals surface area contributed by atoms with E-state index in [9.17, 15) is 0 Å². The molecule has 0 radical (unpaired) electrons. The Bertz CT molecular complexity index is 409. The van der Waals surface area contributed by atoms with E-state index in [0.717, 1.165) is 44.2 Å². The van der Waals surface area contributed by atoms with Gasteiger partial charge in [-0.15, -0.1) is 0 Å². The second-order valence-corrected chi connectivity index (χ2v) is 5.06. The van der Waals surface area contributed by atoms with Gasteiger partial charge in [0, 0.05) is 19.1 Å². The molecule has 0 aliphatic rings. The van der Waals surface area contributed by atoms with Crippen LogP contribution >= 0.6 is 0 Å². The monoisotopic (exact) mass is 295 g/mol. The Morgan fingerprint density at radius 1 is 1.19 bits per heavy atom. The third kappa shape index (κ3) is 5.38. The Kier molecular flexibility index (Phi) is 7.82. The molecule has 21 heavy (non-hydrogen) atoms. The quantitative estimate of drug-likeness (QED) is 0.691. The maximum Gasteiger partial charge on any atom is 0.204 e. The molecule has 1 aromatic rings. The molecular weight excluding hydrogens is 266 g/mol. The highest BCUT2D eigenvalue weighted by molar-refractivity contribution is 5.63. The molecule has 6 heteroatoms. The summed E-state index contributed by atoms with van der Waals surface area (Å²) in [6.45, 7) is 12.5. The lowest BCUT2D eigenvalue weighted by Gasteiger charge is -2.24. The summed E-state index contributed by atoms with van der Waals surface area (Å²) in [5.74, 6) is 2.16. The van der Waals surface area contributed by atoms with E-state index >= 15 is 0 Å². The number of nitrogens with one attached hydrogen (secondary N) is 2. The fourth-order valence-electron chi connectivity index (χ4n) is 2.19. The van der Waals surface area contributed by atoms with Gasteiger partial charge in [0.1, 0.15) is 6.33 Å². The number of hydrogen-bond donors (Lipinski definition) is 2. The Morgan fingerprint density at radius 2 is 1.86 bits per heavy atom. The second-order valence-electron chi connectivity index (χ2n) is 5.06. The highest BCUT2D eigenvalue weighted by Gasteiger charge is 2.15. The SMILES string of the molecule is CCCNc1ncnc(NC(C)CN(CC)CC)c1OC. The summed E-state index contributed by atoms with van der Waals surface area (Å²) >= 11 is 0. The van der Waals surface area contributed by atoms with Crippen LogP contribution in [0.1, 0.15) is 34.1 Å². The fourth-order valence-corrected chi connectivity index (χ4v) is 2.19. The number of anilines is 2. The second kappa shape index (κ2) is 9.39. The molecule has 0 saturated carbocycles. The van der Waals surface area contributed by atoms with Crippen molar-refractivity contribution in [3.63, 3.8) is 0 Å². The zero-order chi connectivity index (χ0) is 15.7. The normalized spacial score (nSPS) is 12.3. The van der Waals surface area contributed by atoms with Gasteiger partial charge in [0.05, 0.1) is 7.11 Å². The molecule has 0 fully saturated rings. The van der Waals surface area contributed by atoms with E-state index < -0.39 is 0 Å². The van der Waals surface area contributed by atoms with Gasteiger partial charge in [-0.2, -0.15) is 0 Å². The lowest BCUT2D eigenvalue weighted by atomic mass is 10.3. The van der Waals surface area contributed by atoms with Crippen LogP contribution in [0, 0.1) is 0 Å². The van der Waals surface area contributed by atoms with Crippen molar-refractivity contribution >= 4 is 11.6 Å². The van der Waals surface area contributed by atoms with Crippen LogP contribution < -0.4 is 15.4 Å². The molecule has 0 aliphatic heterocycles. The third-order valence-electron chi connectivity index (χ3n) is 3.36. The van der Waals surface area contributed by atoms with E-state index in [1.54, 1.807) is 13.4 Å². The van der Waals surface area contributed by atoms with Gasteiger partial charge in [-0.1, -0.05) is 20.8 Å². The summed E-state index contributed by atoms with van der Waals surface area (Å²) in [6.07, 6.45) is 2.60. The molecule has 1 rings (SSSR count). The molecule has 0 saturated heterocycles. The average molecular weight is 295 g/mol. The summed E-state index contributed by atoms with van der Waals surface area (Å²) < 4.78 is 5.47. The van der Waals surface area contributed by atoms with Crippen LogP contribution in [0.15, 0.2) is 6.33 Å². The van der Waals surface area contributed by atoms with Crippen molar-refractivity contribution < 1.29 is 4.74 Å². The molecule has 0 aliphatic carbocycles. The van der Waals surface area contributed by atoms with E-state index in [1.807, 2.05) is 0 Å². The molecule has 0 spiro atoms. The molecular formula is C15H29N5O. The molecule has 2 N–H and O–H groups in total. The van der Waals surface area contributed by atoms with Crippen LogP contribution in [0.5, 0.6) is 5.75 Å². The summed E-state index contributed by atoms with van der Waals surface area (Å²) in [5, 5.41) is 6.68. The number of nitrogens with zero attached hydrogens (tertiary/aromatic N) is 3. The van der Waals surface area contributed by atoms with Gasteiger partial charge in [-0.05, 0) is 26.4 Å². The van der Waals surface area contributed by atoms with Crippen molar-refractivity contribution in [1.82, 2.24) is 14.9 Å². The van der Waals surface area contributed by atoms with E-state index in [-0.39, 0.29) is 6.04 Å². The molecule has 1 heterocycles. The van der Waals surface area contributed by atoms with E-state index in [1.165, 1.54) is 0 Å². The van der Waals surface area contributed by atoms with Gasteiger partial charge in [-0.25, -0.2) is 9.97 Å². The first-order valence-electron chi connectivity index (χ1n) is 7.77. The average Bonchev–Trinajstić information content (AvgIpc) is 2.50. The van der Waals surface area contributed by atoms with Crippen LogP contribution in [0.25, 0.3) is 0 Å². The Hall–Kier alpha value is -1.56. The number of likely N-dealkylation sites (N-methyl/N-ethyl adjacent to an activating group) is 1. The minimum Gasteiger partial charge on any atom is -0.490 e. The number of hydrogen-bond acceptors (Lipinski definition) is 6. The number of methoxy groups -OCH3 is 1. The molecule has 1 atom stereocenters. The van der Waals surface area contributed by atoms with Crippen LogP contribution in [0.3, 0.4) is 0 Å². The predicted molar refractivity (Wildman–Crippen MR) is 88.2 cm³/mol. The Morgan fingerprint density at radius 3 is 2.43 bits per heavy atom. The highest BCUT2D eigenvalue weighted by atomic mass is 16.5. The van der Waals surface area contributed by atoms with E-state index in [2.05, 4.69) is 53.2 Å². The number of ether oxygens (including phenoxy) is 1. The summed E-state index contributed by atoms with van der Waals surface area (Å²) in [7, 11) is 1.65. The van der Waals surface area contributed by atoms with Crippen molar-refractivity contribution in [2.45, 2.75) is 40.2 Å². The van der Waals surface area contributed by atoms with Crippen molar-refractivity contribution in [2.75, 3.05) is 43.9 Å². The lowest BCUT2D eigenvalue weighted by Crippen LogP contribution is -2.35. The molecule has 120 valence electrons. The van der Waals surface area contributed by atoms with Crippen LogP contribution in [0.4, 0.5) is 11.6 Å². The van der Waals surface area contributed by atoms with Gasteiger partial charge in [0.25, 0.3) is 0 Å². The Labute approximate surface area is 128 Å². The first kappa shape index (κ1) is 17.5. The molecule has 6 nitrogen and oxygen atoms in total.